The van der Waals surface area contributed by atoms with E-state index in [1.807, 2.05) is 0 Å². The molecule has 0 saturated heterocycles. The second-order valence-electron chi connectivity index (χ2n) is 3.82. The Morgan fingerprint density at radius 3 is 2.67 bits per heavy atom. The van der Waals surface area contributed by atoms with Gasteiger partial charge in [-0.15, -0.1) is 0 Å². The summed E-state index contributed by atoms with van der Waals surface area (Å²) in [4.78, 5) is 20.8. The molecule has 0 aliphatic rings. The number of hydrogen-bond donors (Lipinski definition) is 1. The SMILES string of the molecule is O=C(O)c1nn(COc2ccc([N+](=O)[O-])cc2Cl)cc1Cl. The van der Waals surface area contributed by atoms with Gasteiger partial charge in [-0.05, 0) is 6.07 Å². The van der Waals surface area contributed by atoms with Gasteiger partial charge in [0.1, 0.15) is 5.75 Å². The van der Waals surface area contributed by atoms with Crippen LogP contribution in [0.5, 0.6) is 5.75 Å². The standard InChI is InChI=1S/C11H7Cl2N3O5/c12-7-3-6(16(19)20)1-2-9(7)21-5-15-4-8(13)10(14-15)11(17)18/h1-4H,5H2,(H,17,18). The van der Waals surface area contributed by atoms with Crippen molar-refractivity contribution < 1.29 is 19.6 Å². The molecule has 0 saturated carbocycles. The van der Waals surface area contributed by atoms with E-state index in [1.54, 1.807) is 0 Å². The fraction of sp³-hybridized carbons (Fsp3) is 0.0909. The molecule has 0 spiro atoms. The van der Waals surface area contributed by atoms with E-state index in [1.165, 1.54) is 23.0 Å². The summed E-state index contributed by atoms with van der Waals surface area (Å²) in [6.45, 7) is -0.148. The Hall–Kier alpha value is -2.32. The molecule has 10 heteroatoms. The second-order valence-corrected chi connectivity index (χ2v) is 4.63. The molecule has 0 unspecified atom stereocenters. The number of carboxylic acid groups (broad SMARTS) is 1. The van der Waals surface area contributed by atoms with Crippen LogP contribution in [0.2, 0.25) is 10.0 Å². The van der Waals surface area contributed by atoms with Crippen LogP contribution in [0, 0.1) is 10.1 Å². The third-order valence-corrected chi connectivity index (χ3v) is 2.97. The zero-order valence-electron chi connectivity index (χ0n) is 10.2. The van der Waals surface area contributed by atoms with Crippen molar-refractivity contribution in [3.8, 4) is 5.75 Å². The number of ether oxygens (including phenoxy) is 1. The summed E-state index contributed by atoms with van der Waals surface area (Å²) < 4.78 is 6.47. The number of carbonyl (C=O) groups is 1. The van der Waals surface area contributed by atoms with Gasteiger partial charge in [0.15, 0.2) is 12.4 Å². The Morgan fingerprint density at radius 2 is 2.14 bits per heavy atom. The van der Waals surface area contributed by atoms with Crippen molar-refractivity contribution in [2.75, 3.05) is 0 Å². The zero-order valence-corrected chi connectivity index (χ0v) is 11.7. The van der Waals surface area contributed by atoms with E-state index in [4.69, 9.17) is 33.0 Å². The molecule has 0 aliphatic heterocycles. The molecule has 0 atom stereocenters. The van der Waals surface area contributed by atoms with Crippen LogP contribution in [0.3, 0.4) is 0 Å². The van der Waals surface area contributed by atoms with Gasteiger partial charge in [-0.1, -0.05) is 23.2 Å². The highest BCUT2D eigenvalue weighted by atomic mass is 35.5. The van der Waals surface area contributed by atoms with E-state index in [0.717, 1.165) is 6.07 Å². The Bertz CT molecular complexity index is 716. The van der Waals surface area contributed by atoms with Gasteiger partial charge < -0.3 is 9.84 Å². The van der Waals surface area contributed by atoms with E-state index < -0.39 is 10.9 Å². The third-order valence-electron chi connectivity index (χ3n) is 2.40. The number of nitro benzene ring substituents is 1. The maximum Gasteiger partial charge on any atom is 0.357 e. The van der Waals surface area contributed by atoms with Crippen LogP contribution in [0.4, 0.5) is 5.69 Å². The minimum Gasteiger partial charge on any atom is -0.476 e. The molecular weight excluding hydrogens is 325 g/mol. The first-order chi connectivity index (χ1) is 9.88. The summed E-state index contributed by atoms with van der Waals surface area (Å²) in [6.07, 6.45) is 1.28. The molecule has 2 aromatic rings. The van der Waals surface area contributed by atoms with Crippen molar-refractivity contribution in [2.45, 2.75) is 6.73 Å². The number of hydrogen-bond acceptors (Lipinski definition) is 5. The minimum absolute atomic E-state index is 0.0269. The predicted molar refractivity (Wildman–Crippen MR) is 72.9 cm³/mol. The average Bonchev–Trinajstić information content (AvgIpc) is 2.78. The Balaban J connectivity index is 2.11. The van der Waals surface area contributed by atoms with Gasteiger partial charge >= 0.3 is 5.97 Å². The molecule has 1 heterocycles. The van der Waals surface area contributed by atoms with E-state index in [0.29, 0.717) is 0 Å². The van der Waals surface area contributed by atoms with Crippen LogP contribution in [-0.4, -0.2) is 25.8 Å². The van der Waals surface area contributed by atoms with E-state index in [-0.39, 0.29) is 33.9 Å². The molecule has 1 N–H and O–H groups in total. The number of aromatic nitrogens is 2. The fourth-order valence-corrected chi connectivity index (χ4v) is 1.92. The number of aromatic carboxylic acids is 1. The number of nitrogens with zero attached hydrogens (tertiary/aromatic N) is 3. The monoisotopic (exact) mass is 331 g/mol. The molecule has 1 aromatic carbocycles. The van der Waals surface area contributed by atoms with Gasteiger partial charge in [0, 0.05) is 18.3 Å². The third kappa shape index (κ3) is 3.41. The number of rotatable bonds is 5. The molecule has 0 aliphatic carbocycles. The molecule has 0 radical (unpaired) electrons. The maximum absolute atomic E-state index is 10.8. The van der Waals surface area contributed by atoms with Crippen molar-refractivity contribution in [3.63, 3.8) is 0 Å². The topological polar surface area (TPSA) is 107 Å². The van der Waals surface area contributed by atoms with Crippen molar-refractivity contribution in [3.05, 3.63) is 50.2 Å². The number of benzene rings is 1. The van der Waals surface area contributed by atoms with Gasteiger partial charge in [-0.3, -0.25) is 10.1 Å². The highest BCUT2D eigenvalue weighted by Crippen LogP contribution is 2.28. The fourth-order valence-electron chi connectivity index (χ4n) is 1.46. The molecule has 1 aromatic heterocycles. The molecule has 8 nitrogen and oxygen atoms in total. The van der Waals surface area contributed by atoms with Crippen molar-refractivity contribution in [2.24, 2.45) is 0 Å². The number of non-ortho nitro benzene ring substituents is 1. The quantitative estimate of drug-likeness (QED) is 0.666. The summed E-state index contributed by atoms with van der Waals surface area (Å²) in [7, 11) is 0. The van der Waals surface area contributed by atoms with Crippen LogP contribution in [0.25, 0.3) is 0 Å². The highest BCUT2D eigenvalue weighted by Gasteiger charge is 2.15. The molecule has 110 valence electrons. The van der Waals surface area contributed by atoms with Gasteiger partial charge in [-0.25, -0.2) is 9.48 Å². The first-order valence-corrected chi connectivity index (χ1v) is 6.17. The van der Waals surface area contributed by atoms with E-state index >= 15 is 0 Å². The van der Waals surface area contributed by atoms with Gasteiger partial charge in [0.25, 0.3) is 5.69 Å². The van der Waals surface area contributed by atoms with Crippen LogP contribution in [0.15, 0.2) is 24.4 Å². The molecule has 2 rings (SSSR count). The first-order valence-electron chi connectivity index (χ1n) is 5.41. The average molecular weight is 332 g/mol. The summed E-state index contributed by atoms with van der Waals surface area (Å²) in [5.41, 5.74) is -0.460. The lowest BCUT2D eigenvalue weighted by atomic mass is 10.3. The van der Waals surface area contributed by atoms with E-state index in [9.17, 15) is 14.9 Å². The van der Waals surface area contributed by atoms with Crippen molar-refractivity contribution >= 4 is 34.9 Å². The van der Waals surface area contributed by atoms with Gasteiger partial charge in [-0.2, -0.15) is 5.10 Å². The number of carboxylic acids is 1. The minimum atomic E-state index is -1.26. The van der Waals surface area contributed by atoms with Gasteiger partial charge in [0.05, 0.1) is 15.0 Å². The number of nitro groups is 1. The Morgan fingerprint density at radius 1 is 1.43 bits per heavy atom. The van der Waals surface area contributed by atoms with Crippen LogP contribution >= 0.6 is 23.2 Å². The summed E-state index contributed by atoms with van der Waals surface area (Å²) >= 11 is 11.5. The maximum atomic E-state index is 10.8. The second kappa shape index (κ2) is 5.98. The van der Waals surface area contributed by atoms with Crippen LogP contribution in [-0.2, 0) is 6.73 Å². The first kappa shape index (κ1) is 15.1. The van der Waals surface area contributed by atoms with Crippen molar-refractivity contribution in [1.29, 1.82) is 0 Å². The summed E-state index contributed by atoms with van der Waals surface area (Å²) in [6, 6.07) is 3.72. The van der Waals surface area contributed by atoms with Crippen LogP contribution in [0.1, 0.15) is 10.5 Å². The molecule has 21 heavy (non-hydrogen) atoms. The number of halogens is 2. The van der Waals surface area contributed by atoms with E-state index in [2.05, 4.69) is 5.10 Å². The predicted octanol–water partition coefficient (Wildman–Crippen LogP) is 2.83. The van der Waals surface area contributed by atoms with Crippen molar-refractivity contribution in [1.82, 2.24) is 9.78 Å². The summed E-state index contributed by atoms with van der Waals surface area (Å²) in [5, 5.41) is 23.1. The van der Waals surface area contributed by atoms with Crippen LogP contribution < -0.4 is 4.74 Å². The normalized spacial score (nSPS) is 10.4. The molecule has 0 fully saturated rings. The lowest BCUT2D eigenvalue weighted by molar-refractivity contribution is -0.384. The molecular formula is C11H7Cl2N3O5. The van der Waals surface area contributed by atoms with Gasteiger partial charge in [0.2, 0.25) is 0 Å². The lowest BCUT2D eigenvalue weighted by Gasteiger charge is -2.07. The lowest BCUT2D eigenvalue weighted by Crippen LogP contribution is -2.08. The Kier molecular flexibility index (Phi) is 4.29. The smallest absolute Gasteiger partial charge is 0.357 e. The Labute approximate surface area is 127 Å². The zero-order chi connectivity index (χ0) is 15.6. The summed E-state index contributed by atoms with van der Waals surface area (Å²) in [5.74, 6) is -1.06. The highest BCUT2D eigenvalue weighted by molar-refractivity contribution is 6.33. The largest absolute Gasteiger partial charge is 0.476 e. The molecule has 0 amide bonds. The molecule has 0 bridgehead atoms.